The van der Waals surface area contributed by atoms with Crippen molar-refractivity contribution in [2.75, 3.05) is 31.1 Å². The molecule has 36 heavy (non-hydrogen) atoms. The average Bonchev–Trinajstić information content (AvgIpc) is 3.38. The number of nitro benzene ring substituents is 1. The zero-order chi connectivity index (χ0) is 24.9. The van der Waals surface area contributed by atoms with Crippen LogP contribution < -0.4 is 4.90 Å². The number of aryl methyl sites for hydroxylation is 2. The number of nitrogens with zero attached hydrogens (tertiary/aromatic N) is 7. The fourth-order valence-electron chi connectivity index (χ4n) is 4.64. The molecule has 0 radical (unpaired) electrons. The molecule has 0 saturated carbocycles. The van der Waals surface area contributed by atoms with E-state index in [0.29, 0.717) is 6.54 Å². The second kappa shape index (κ2) is 10.6. The van der Waals surface area contributed by atoms with Crippen molar-refractivity contribution in [1.29, 1.82) is 0 Å². The molecule has 3 aromatic carbocycles. The minimum absolute atomic E-state index is 0.0797. The van der Waals surface area contributed by atoms with Gasteiger partial charge in [-0.15, -0.1) is 5.10 Å². The highest BCUT2D eigenvalue weighted by Gasteiger charge is 2.31. The molecule has 9 nitrogen and oxygen atoms in total. The zero-order valence-corrected chi connectivity index (χ0v) is 19.7. The summed E-state index contributed by atoms with van der Waals surface area (Å²) in [5, 5.41) is 23.6. The van der Waals surface area contributed by atoms with Gasteiger partial charge < -0.3 is 4.90 Å². The predicted octanol–water partition coefficient (Wildman–Crippen LogP) is 3.87. The van der Waals surface area contributed by atoms with E-state index < -0.39 is 4.92 Å². The van der Waals surface area contributed by atoms with E-state index in [4.69, 9.17) is 0 Å². The van der Waals surface area contributed by atoms with Gasteiger partial charge in [0.15, 0.2) is 5.82 Å². The van der Waals surface area contributed by atoms with Gasteiger partial charge in [0.2, 0.25) is 0 Å². The summed E-state index contributed by atoms with van der Waals surface area (Å²) in [5.41, 5.74) is 3.16. The molecule has 1 atom stereocenters. The van der Waals surface area contributed by atoms with Gasteiger partial charge in [0.25, 0.3) is 5.69 Å². The maximum absolute atomic E-state index is 13.7. The number of rotatable bonds is 8. The van der Waals surface area contributed by atoms with Gasteiger partial charge in [-0.05, 0) is 52.2 Å². The number of tetrazole rings is 1. The fourth-order valence-corrected chi connectivity index (χ4v) is 4.64. The van der Waals surface area contributed by atoms with E-state index in [2.05, 4.69) is 37.5 Å². The summed E-state index contributed by atoms with van der Waals surface area (Å²) in [7, 11) is 0. The van der Waals surface area contributed by atoms with E-state index >= 15 is 0 Å². The minimum Gasteiger partial charge on any atom is -0.369 e. The van der Waals surface area contributed by atoms with Crippen LogP contribution >= 0.6 is 0 Å². The zero-order valence-electron chi connectivity index (χ0n) is 19.7. The third-order valence-corrected chi connectivity index (χ3v) is 6.55. The van der Waals surface area contributed by atoms with Gasteiger partial charge in [0.1, 0.15) is 5.82 Å². The Hall–Kier alpha value is -4.18. The molecule has 2 heterocycles. The second-order valence-corrected chi connectivity index (χ2v) is 8.75. The van der Waals surface area contributed by atoms with Gasteiger partial charge in [0, 0.05) is 50.5 Å². The summed E-state index contributed by atoms with van der Waals surface area (Å²) < 4.78 is 15.6. The molecule has 5 rings (SSSR count). The Morgan fingerprint density at radius 1 is 0.917 bits per heavy atom. The van der Waals surface area contributed by atoms with Crippen molar-refractivity contribution in [3.05, 3.63) is 112 Å². The van der Waals surface area contributed by atoms with Crippen molar-refractivity contribution in [3.8, 4) is 0 Å². The third-order valence-electron chi connectivity index (χ3n) is 6.55. The van der Waals surface area contributed by atoms with Crippen LogP contribution in [0.4, 0.5) is 15.8 Å². The van der Waals surface area contributed by atoms with Gasteiger partial charge >= 0.3 is 0 Å². The topological polar surface area (TPSA) is 93.2 Å². The van der Waals surface area contributed by atoms with Gasteiger partial charge in [-0.25, -0.2) is 9.07 Å². The molecule has 184 valence electrons. The normalized spacial score (nSPS) is 15.1. The van der Waals surface area contributed by atoms with Crippen molar-refractivity contribution in [3.63, 3.8) is 0 Å². The van der Waals surface area contributed by atoms with Gasteiger partial charge in [-0.2, -0.15) is 0 Å². The smallest absolute Gasteiger partial charge is 0.269 e. The molecule has 0 aliphatic carbocycles. The van der Waals surface area contributed by atoms with Crippen LogP contribution in [0.1, 0.15) is 23.0 Å². The summed E-state index contributed by atoms with van der Waals surface area (Å²) in [6.45, 7) is 3.56. The van der Waals surface area contributed by atoms with Crippen molar-refractivity contribution in [2.24, 2.45) is 0 Å². The summed E-state index contributed by atoms with van der Waals surface area (Å²) in [6, 6.07) is 23.1. The summed E-state index contributed by atoms with van der Waals surface area (Å²) >= 11 is 0. The molecule has 1 aliphatic rings. The summed E-state index contributed by atoms with van der Waals surface area (Å²) in [6.07, 6.45) is 0.795. The lowest BCUT2D eigenvalue weighted by molar-refractivity contribution is -0.384. The van der Waals surface area contributed by atoms with E-state index in [1.807, 2.05) is 22.9 Å². The monoisotopic (exact) mass is 487 g/mol. The van der Waals surface area contributed by atoms with Crippen LogP contribution in [0.15, 0.2) is 78.9 Å². The van der Waals surface area contributed by atoms with E-state index in [9.17, 15) is 14.5 Å². The van der Waals surface area contributed by atoms with Gasteiger partial charge in [0.05, 0.1) is 11.0 Å². The maximum Gasteiger partial charge on any atom is 0.269 e. The summed E-state index contributed by atoms with van der Waals surface area (Å²) in [5.74, 6) is 0.436. The van der Waals surface area contributed by atoms with Crippen LogP contribution in [0.2, 0.25) is 0 Å². The van der Waals surface area contributed by atoms with Crippen LogP contribution in [0.3, 0.4) is 0 Å². The van der Waals surface area contributed by atoms with Gasteiger partial charge in [-0.1, -0.05) is 42.5 Å². The fraction of sp³-hybridized carbons (Fsp3) is 0.269. The van der Waals surface area contributed by atoms with Crippen LogP contribution in [0.5, 0.6) is 0 Å². The molecular weight excluding hydrogens is 461 g/mol. The standard InChI is InChI=1S/C26H26FN7O2/c27-22-8-6-21(7-9-22)25(26-28-29-30-33(26)15-14-20-4-2-1-3-5-20)32-18-16-31(17-19-32)23-10-12-24(13-11-23)34(35)36/h1-13,25H,14-19H2. The van der Waals surface area contributed by atoms with Crippen LogP contribution in [-0.2, 0) is 13.0 Å². The molecule has 4 aromatic rings. The van der Waals surface area contributed by atoms with Crippen molar-refractivity contribution >= 4 is 11.4 Å². The second-order valence-electron chi connectivity index (χ2n) is 8.75. The average molecular weight is 488 g/mol. The molecule has 1 aromatic heterocycles. The van der Waals surface area contributed by atoms with E-state index in [0.717, 1.165) is 49.7 Å². The predicted molar refractivity (Wildman–Crippen MR) is 133 cm³/mol. The number of anilines is 1. The third kappa shape index (κ3) is 5.23. The highest BCUT2D eigenvalue weighted by atomic mass is 19.1. The first-order valence-corrected chi connectivity index (χ1v) is 11.9. The Kier molecular flexibility index (Phi) is 6.94. The molecule has 1 aliphatic heterocycles. The highest BCUT2D eigenvalue weighted by Crippen LogP contribution is 2.30. The Bertz CT molecular complexity index is 1290. The van der Waals surface area contributed by atoms with Crippen LogP contribution in [0.25, 0.3) is 0 Å². The van der Waals surface area contributed by atoms with E-state index in [-0.39, 0.29) is 17.5 Å². The lowest BCUT2D eigenvalue weighted by atomic mass is 10.0. The number of benzene rings is 3. The largest absolute Gasteiger partial charge is 0.369 e. The number of non-ortho nitro benzene ring substituents is 1. The SMILES string of the molecule is O=[N+]([O-])c1ccc(N2CCN(C(c3ccc(F)cc3)c3nnnn3CCc3ccccc3)CC2)cc1. The van der Waals surface area contributed by atoms with Crippen molar-refractivity contribution in [2.45, 2.75) is 19.0 Å². The lowest BCUT2D eigenvalue weighted by Gasteiger charge is -2.39. The van der Waals surface area contributed by atoms with Gasteiger partial charge in [-0.3, -0.25) is 15.0 Å². The number of aromatic nitrogens is 4. The molecule has 1 saturated heterocycles. The molecule has 0 amide bonds. The molecular formula is C26H26FN7O2. The maximum atomic E-state index is 13.7. The molecule has 0 spiro atoms. The summed E-state index contributed by atoms with van der Waals surface area (Å²) in [4.78, 5) is 15.1. The number of nitro groups is 1. The molecule has 1 unspecified atom stereocenters. The van der Waals surface area contributed by atoms with Crippen molar-refractivity contribution < 1.29 is 9.31 Å². The van der Waals surface area contributed by atoms with E-state index in [1.54, 1.807) is 24.3 Å². The highest BCUT2D eigenvalue weighted by molar-refractivity contribution is 5.51. The minimum atomic E-state index is -0.392. The van der Waals surface area contributed by atoms with Crippen LogP contribution in [-0.4, -0.2) is 56.2 Å². The first-order valence-electron chi connectivity index (χ1n) is 11.9. The van der Waals surface area contributed by atoms with Crippen molar-refractivity contribution in [1.82, 2.24) is 25.1 Å². The number of hydrogen-bond acceptors (Lipinski definition) is 7. The number of hydrogen-bond donors (Lipinski definition) is 0. The van der Waals surface area contributed by atoms with E-state index in [1.165, 1.54) is 29.8 Å². The lowest BCUT2D eigenvalue weighted by Crippen LogP contribution is -2.48. The molecule has 1 fully saturated rings. The first-order chi connectivity index (χ1) is 17.6. The molecule has 0 N–H and O–H groups in total. The molecule has 0 bridgehead atoms. The first kappa shape index (κ1) is 23.6. The number of piperazine rings is 1. The quantitative estimate of drug-likeness (QED) is 0.275. The van der Waals surface area contributed by atoms with Crippen LogP contribution in [0, 0.1) is 15.9 Å². The Morgan fingerprint density at radius 2 is 1.61 bits per heavy atom. The Morgan fingerprint density at radius 3 is 2.28 bits per heavy atom. The Balaban J connectivity index is 1.35. The Labute approximate surface area is 207 Å². The number of halogens is 1. The molecule has 10 heteroatoms.